The van der Waals surface area contributed by atoms with E-state index in [0.29, 0.717) is 10.8 Å². The molecule has 3 aromatic rings. The highest BCUT2D eigenvalue weighted by Gasteiger charge is 2.17. The van der Waals surface area contributed by atoms with E-state index < -0.39 is 0 Å². The molecule has 2 heterocycles. The number of aromatic nitrogens is 4. The molecular weight excluding hydrogens is 276 g/mol. The highest BCUT2D eigenvalue weighted by atomic mass is 32.2. The zero-order valence-electron chi connectivity index (χ0n) is 11.0. The Hall–Kier alpha value is -2.15. The Morgan fingerprint density at radius 3 is 2.95 bits per heavy atom. The highest BCUT2D eigenvalue weighted by molar-refractivity contribution is 8.00. The molecule has 1 aromatic carbocycles. The van der Waals surface area contributed by atoms with Crippen LogP contribution in [0.4, 0.5) is 0 Å². The van der Waals surface area contributed by atoms with Crippen LogP contribution < -0.4 is 0 Å². The minimum Gasteiger partial charge on any atom is -0.468 e. The molecule has 0 amide bonds. The zero-order valence-corrected chi connectivity index (χ0v) is 11.8. The molecule has 20 heavy (non-hydrogen) atoms. The lowest BCUT2D eigenvalue weighted by Crippen LogP contribution is -2.15. The Kier molecular flexibility index (Phi) is 3.27. The molecule has 7 heteroatoms. The van der Waals surface area contributed by atoms with Crippen molar-refractivity contribution in [2.45, 2.75) is 17.3 Å². The first-order valence-electron chi connectivity index (χ1n) is 6.04. The Balaban J connectivity index is 1.98. The van der Waals surface area contributed by atoms with Crippen molar-refractivity contribution < 1.29 is 9.53 Å². The maximum Gasteiger partial charge on any atom is 0.318 e. The van der Waals surface area contributed by atoms with Crippen molar-refractivity contribution in [1.29, 1.82) is 0 Å². The largest absolute Gasteiger partial charge is 0.468 e. The van der Waals surface area contributed by atoms with Crippen molar-refractivity contribution in [2.24, 2.45) is 0 Å². The number of carbonyl (C=O) groups is 1. The Morgan fingerprint density at radius 1 is 1.35 bits per heavy atom. The van der Waals surface area contributed by atoms with Gasteiger partial charge >= 0.3 is 5.97 Å². The topological polar surface area (TPSA) is 80.8 Å². The minimum atomic E-state index is -0.372. The summed E-state index contributed by atoms with van der Waals surface area (Å²) in [7, 11) is 1.36. The van der Waals surface area contributed by atoms with E-state index in [4.69, 9.17) is 0 Å². The molecule has 0 saturated carbocycles. The van der Waals surface area contributed by atoms with E-state index in [0.717, 1.165) is 16.4 Å². The summed E-state index contributed by atoms with van der Waals surface area (Å²) in [5.74, 6) is -0.310. The molecule has 0 spiro atoms. The summed E-state index contributed by atoms with van der Waals surface area (Å²) in [4.78, 5) is 19.0. The van der Waals surface area contributed by atoms with Gasteiger partial charge in [0.05, 0.1) is 7.11 Å². The summed E-state index contributed by atoms with van der Waals surface area (Å²) in [6.45, 7) is 1.75. The molecule has 1 atom stereocenters. The number of methoxy groups -OCH3 is 1. The maximum atomic E-state index is 11.4. The van der Waals surface area contributed by atoms with Crippen molar-refractivity contribution in [3.63, 3.8) is 0 Å². The van der Waals surface area contributed by atoms with Crippen molar-refractivity contribution in [1.82, 2.24) is 20.2 Å². The first-order valence-corrected chi connectivity index (χ1v) is 6.92. The van der Waals surface area contributed by atoms with Gasteiger partial charge in [-0.15, -0.1) is 10.2 Å². The van der Waals surface area contributed by atoms with Gasteiger partial charge in [-0.25, -0.2) is 4.98 Å². The number of fused-ring (bicyclic) bond motifs is 3. The van der Waals surface area contributed by atoms with Gasteiger partial charge in [0.25, 0.3) is 0 Å². The van der Waals surface area contributed by atoms with Crippen LogP contribution in [0.3, 0.4) is 0 Å². The molecule has 0 aliphatic carbocycles. The quantitative estimate of drug-likeness (QED) is 0.587. The number of para-hydroxylation sites is 1. The third-order valence-corrected chi connectivity index (χ3v) is 3.85. The summed E-state index contributed by atoms with van der Waals surface area (Å²) in [6.07, 6.45) is 0. The second-order valence-corrected chi connectivity index (χ2v) is 5.55. The summed E-state index contributed by atoms with van der Waals surface area (Å²) in [6, 6.07) is 7.82. The highest BCUT2D eigenvalue weighted by Crippen LogP contribution is 2.25. The fourth-order valence-corrected chi connectivity index (χ4v) is 2.67. The van der Waals surface area contributed by atoms with Crippen molar-refractivity contribution in [3.05, 3.63) is 24.3 Å². The molecule has 0 unspecified atom stereocenters. The lowest BCUT2D eigenvalue weighted by atomic mass is 10.2. The van der Waals surface area contributed by atoms with Crippen LogP contribution in [-0.4, -0.2) is 38.5 Å². The van der Waals surface area contributed by atoms with E-state index in [1.807, 2.05) is 24.3 Å². The molecule has 0 fully saturated rings. The molecule has 1 N–H and O–H groups in total. The molecule has 0 saturated heterocycles. The average Bonchev–Trinajstić information content (AvgIpc) is 2.83. The SMILES string of the molecule is COC(=O)[C@H](C)Sc1nnc2c(n1)[nH]c1ccccc12. The van der Waals surface area contributed by atoms with Crippen LogP contribution in [0, 0.1) is 0 Å². The molecular formula is C13H12N4O2S. The van der Waals surface area contributed by atoms with Gasteiger partial charge in [-0.05, 0) is 13.0 Å². The second-order valence-electron chi connectivity index (χ2n) is 4.25. The number of H-pyrrole nitrogens is 1. The number of thioether (sulfide) groups is 1. The smallest absolute Gasteiger partial charge is 0.318 e. The van der Waals surface area contributed by atoms with E-state index in [-0.39, 0.29) is 11.2 Å². The van der Waals surface area contributed by atoms with Crippen LogP contribution in [0.25, 0.3) is 22.1 Å². The second kappa shape index (κ2) is 5.09. The standard InChI is InChI=1S/C13H12N4O2S/c1-7(12(18)19-2)20-13-15-11-10(16-17-13)8-5-3-4-6-9(8)14-11/h3-7H,1-2H3,(H,14,15,17)/t7-/m0/s1. The van der Waals surface area contributed by atoms with E-state index >= 15 is 0 Å². The number of aromatic amines is 1. The van der Waals surface area contributed by atoms with Gasteiger partial charge in [-0.2, -0.15) is 0 Å². The monoisotopic (exact) mass is 288 g/mol. The third kappa shape index (κ3) is 2.20. The number of ether oxygens (including phenoxy) is 1. The van der Waals surface area contributed by atoms with E-state index in [9.17, 15) is 4.79 Å². The van der Waals surface area contributed by atoms with Gasteiger partial charge in [-0.3, -0.25) is 4.79 Å². The normalized spacial score (nSPS) is 12.7. The maximum absolute atomic E-state index is 11.4. The van der Waals surface area contributed by atoms with Crippen LogP contribution in [0.2, 0.25) is 0 Å². The van der Waals surface area contributed by atoms with Crippen molar-refractivity contribution in [2.75, 3.05) is 7.11 Å². The van der Waals surface area contributed by atoms with Crippen LogP contribution in [0.1, 0.15) is 6.92 Å². The lowest BCUT2D eigenvalue weighted by molar-refractivity contribution is -0.139. The summed E-state index contributed by atoms with van der Waals surface area (Å²) in [5.41, 5.74) is 2.36. The molecule has 0 bridgehead atoms. The molecule has 102 valence electrons. The third-order valence-electron chi connectivity index (χ3n) is 2.92. The number of benzene rings is 1. The van der Waals surface area contributed by atoms with Crippen LogP contribution >= 0.6 is 11.8 Å². The zero-order chi connectivity index (χ0) is 14.1. The van der Waals surface area contributed by atoms with Gasteiger partial charge < -0.3 is 9.72 Å². The lowest BCUT2D eigenvalue weighted by Gasteiger charge is -2.06. The van der Waals surface area contributed by atoms with Crippen molar-refractivity contribution in [3.8, 4) is 0 Å². The Labute approximate surface area is 118 Å². The van der Waals surface area contributed by atoms with Gasteiger partial charge in [-0.1, -0.05) is 30.0 Å². The van der Waals surface area contributed by atoms with Crippen molar-refractivity contribution >= 4 is 39.8 Å². The van der Waals surface area contributed by atoms with Gasteiger partial charge in [0, 0.05) is 10.9 Å². The first kappa shape index (κ1) is 12.9. The molecule has 3 rings (SSSR count). The van der Waals surface area contributed by atoms with E-state index in [1.165, 1.54) is 18.9 Å². The van der Waals surface area contributed by atoms with Gasteiger partial charge in [0.15, 0.2) is 5.65 Å². The molecule has 0 aliphatic rings. The van der Waals surface area contributed by atoms with Crippen LogP contribution in [0.5, 0.6) is 0 Å². The van der Waals surface area contributed by atoms with Crippen LogP contribution in [-0.2, 0) is 9.53 Å². The fourth-order valence-electron chi connectivity index (χ4n) is 1.93. The van der Waals surface area contributed by atoms with E-state index in [1.54, 1.807) is 6.92 Å². The summed E-state index contributed by atoms with van der Waals surface area (Å²) in [5, 5.41) is 9.31. The number of nitrogens with zero attached hydrogens (tertiary/aromatic N) is 3. The van der Waals surface area contributed by atoms with Crippen LogP contribution in [0.15, 0.2) is 29.4 Å². The number of esters is 1. The average molecular weight is 288 g/mol. The van der Waals surface area contributed by atoms with Gasteiger partial charge in [0.1, 0.15) is 10.8 Å². The molecule has 6 nitrogen and oxygen atoms in total. The number of rotatable bonds is 3. The number of carbonyl (C=O) groups excluding carboxylic acids is 1. The molecule has 2 aromatic heterocycles. The molecule has 0 aliphatic heterocycles. The Bertz CT molecular complexity index is 786. The minimum absolute atomic E-state index is 0.310. The predicted octanol–water partition coefficient (Wildman–Crippen LogP) is 2.16. The fraction of sp³-hybridized carbons (Fsp3) is 0.231. The Morgan fingerprint density at radius 2 is 2.15 bits per heavy atom. The summed E-state index contributed by atoms with van der Waals surface area (Å²) < 4.78 is 4.68. The number of hydrogen-bond acceptors (Lipinski definition) is 6. The number of nitrogens with one attached hydrogen (secondary N) is 1. The predicted molar refractivity (Wildman–Crippen MR) is 76.5 cm³/mol. The first-order chi connectivity index (χ1) is 9.69. The van der Waals surface area contributed by atoms with Gasteiger partial charge in [0.2, 0.25) is 5.16 Å². The van der Waals surface area contributed by atoms with E-state index in [2.05, 4.69) is 24.9 Å². The molecule has 0 radical (unpaired) electrons. The number of hydrogen-bond donors (Lipinski definition) is 1. The summed E-state index contributed by atoms with van der Waals surface area (Å²) >= 11 is 1.22.